The van der Waals surface area contributed by atoms with Crippen LogP contribution in [-0.4, -0.2) is 25.0 Å². The SMILES string of the molecule is C=C(C)CCCC.C=C(C)N(C)CCCC.C=C(C)NCCCC. The van der Waals surface area contributed by atoms with Crippen LogP contribution in [0.3, 0.4) is 0 Å². The van der Waals surface area contributed by atoms with Gasteiger partial charge in [0.1, 0.15) is 0 Å². The summed E-state index contributed by atoms with van der Waals surface area (Å²) in [5.74, 6) is 0. The van der Waals surface area contributed by atoms with Crippen molar-refractivity contribution in [3.8, 4) is 0 Å². The predicted octanol–water partition coefficient (Wildman–Crippen LogP) is 6.91. The van der Waals surface area contributed by atoms with Crippen molar-refractivity contribution in [1.82, 2.24) is 10.2 Å². The smallest absolute Gasteiger partial charge is 0.0171 e. The molecule has 0 aromatic carbocycles. The highest BCUT2D eigenvalue weighted by Crippen LogP contribution is 2.01. The van der Waals surface area contributed by atoms with Crippen LogP contribution in [0.5, 0.6) is 0 Å². The molecule has 0 unspecified atom stereocenters. The molecule has 2 heteroatoms. The zero-order chi connectivity index (χ0) is 19.4. The minimum Gasteiger partial charge on any atom is -0.389 e. The summed E-state index contributed by atoms with van der Waals surface area (Å²) < 4.78 is 0. The second-order valence-corrected chi connectivity index (χ2v) is 6.63. The van der Waals surface area contributed by atoms with Crippen molar-refractivity contribution >= 4 is 0 Å². The van der Waals surface area contributed by atoms with Gasteiger partial charge in [0.05, 0.1) is 0 Å². The highest BCUT2D eigenvalue weighted by molar-refractivity contribution is 4.87. The van der Waals surface area contributed by atoms with Crippen LogP contribution in [0.4, 0.5) is 0 Å². The van der Waals surface area contributed by atoms with Crippen LogP contribution in [0.2, 0.25) is 0 Å². The van der Waals surface area contributed by atoms with Crippen LogP contribution in [0, 0.1) is 0 Å². The Bertz CT molecular complexity index is 305. The van der Waals surface area contributed by atoms with E-state index in [-0.39, 0.29) is 0 Å². The van der Waals surface area contributed by atoms with Crippen LogP contribution in [-0.2, 0) is 0 Å². The lowest BCUT2D eigenvalue weighted by atomic mass is 10.2. The van der Waals surface area contributed by atoms with Crippen molar-refractivity contribution in [2.24, 2.45) is 0 Å². The van der Waals surface area contributed by atoms with Crippen LogP contribution in [0.15, 0.2) is 36.7 Å². The summed E-state index contributed by atoms with van der Waals surface area (Å²) in [5.41, 5.74) is 3.53. The minimum atomic E-state index is 1.07. The van der Waals surface area contributed by atoms with Gasteiger partial charge in [0.15, 0.2) is 0 Å². The summed E-state index contributed by atoms with van der Waals surface area (Å²) >= 11 is 0. The number of unbranched alkanes of at least 4 members (excludes halogenated alkanes) is 3. The van der Waals surface area contributed by atoms with Gasteiger partial charge in [-0.1, -0.05) is 58.8 Å². The van der Waals surface area contributed by atoms with E-state index in [4.69, 9.17) is 0 Å². The lowest BCUT2D eigenvalue weighted by Crippen LogP contribution is -2.15. The molecule has 0 saturated carbocycles. The van der Waals surface area contributed by atoms with Crippen molar-refractivity contribution in [3.63, 3.8) is 0 Å². The lowest BCUT2D eigenvalue weighted by Gasteiger charge is -2.17. The van der Waals surface area contributed by atoms with Gasteiger partial charge in [0.2, 0.25) is 0 Å². The van der Waals surface area contributed by atoms with Crippen molar-refractivity contribution in [3.05, 3.63) is 36.7 Å². The van der Waals surface area contributed by atoms with Gasteiger partial charge in [0, 0.05) is 31.5 Å². The second kappa shape index (κ2) is 21.8. The van der Waals surface area contributed by atoms with Gasteiger partial charge in [-0.05, 0) is 46.5 Å². The van der Waals surface area contributed by atoms with E-state index in [0.29, 0.717) is 0 Å². The van der Waals surface area contributed by atoms with E-state index in [1.54, 1.807) is 0 Å². The normalized spacial score (nSPS) is 8.96. The molecule has 0 saturated heterocycles. The molecule has 0 fully saturated rings. The Morgan fingerprint density at radius 3 is 1.62 bits per heavy atom. The first-order valence-electron chi connectivity index (χ1n) is 9.63. The monoisotopic (exact) mass is 338 g/mol. The van der Waals surface area contributed by atoms with Crippen LogP contribution < -0.4 is 5.32 Å². The maximum Gasteiger partial charge on any atom is 0.0171 e. The first kappa shape index (κ1) is 27.7. The van der Waals surface area contributed by atoms with Crippen molar-refractivity contribution in [2.45, 2.75) is 86.5 Å². The molecule has 1 N–H and O–H groups in total. The topological polar surface area (TPSA) is 15.3 Å². The molecule has 2 nitrogen and oxygen atoms in total. The molecule has 0 aliphatic heterocycles. The van der Waals surface area contributed by atoms with E-state index < -0.39 is 0 Å². The number of hydrogen-bond acceptors (Lipinski definition) is 2. The highest BCUT2D eigenvalue weighted by Gasteiger charge is 1.92. The molecule has 0 aliphatic carbocycles. The zero-order valence-electron chi connectivity index (χ0n) is 17.9. The lowest BCUT2D eigenvalue weighted by molar-refractivity contribution is 0.409. The Labute approximate surface area is 154 Å². The molecule has 24 heavy (non-hydrogen) atoms. The summed E-state index contributed by atoms with van der Waals surface area (Å²) in [6, 6.07) is 0. The quantitative estimate of drug-likeness (QED) is 0.325. The molecular weight excluding hydrogens is 292 g/mol. The summed E-state index contributed by atoms with van der Waals surface area (Å²) in [5, 5.41) is 3.15. The molecule has 0 bridgehead atoms. The van der Waals surface area contributed by atoms with E-state index in [1.165, 1.54) is 50.5 Å². The van der Waals surface area contributed by atoms with Crippen LogP contribution >= 0.6 is 0 Å². The van der Waals surface area contributed by atoms with E-state index in [9.17, 15) is 0 Å². The largest absolute Gasteiger partial charge is 0.389 e. The highest BCUT2D eigenvalue weighted by atomic mass is 15.1. The number of allylic oxidation sites excluding steroid dienone is 3. The summed E-state index contributed by atoms with van der Waals surface area (Å²) in [6.45, 7) is 26.2. The fourth-order valence-electron chi connectivity index (χ4n) is 1.54. The Hall–Kier alpha value is -1.18. The van der Waals surface area contributed by atoms with Crippen LogP contribution in [0.25, 0.3) is 0 Å². The molecule has 0 aliphatic rings. The molecule has 0 atom stereocenters. The molecular formula is C22H46N2. The number of nitrogens with one attached hydrogen (secondary N) is 1. The molecule has 0 aromatic heterocycles. The zero-order valence-corrected chi connectivity index (χ0v) is 17.9. The number of hydrogen-bond donors (Lipinski definition) is 1. The van der Waals surface area contributed by atoms with Gasteiger partial charge in [-0.2, -0.15) is 0 Å². The molecule has 144 valence electrons. The first-order chi connectivity index (χ1) is 11.2. The third-order valence-electron chi connectivity index (χ3n) is 3.41. The third kappa shape index (κ3) is 32.7. The fourth-order valence-corrected chi connectivity index (χ4v) is 1.54. The van der Waals surface area contributed by atoms with Gasteiger partial charge in [-0.15, -0.1) is 6.58 Å². The molecule has 0 radical (unpaired) electrons. The van der Waals surface area contributed by atoms with Gasteiger partial charge in [-0.3, -0.25) is 0 Å². The summed E-state index contributed by atoms with van der Waals surface area (Å²) in [6.07, 6.45) is 8.81. The molecule has 0 aromatic rings. The number of nitrogens with zero attached hydrogens (tertiary/aromatic N) is 1. The van der Waals surface area contributed by atoms with Crippen molar-refractivity contribution in [1.29, 1.82) is 0 Å². The second-order valence-electron chi connectivity index (χ2n) is 6.63. The minimum absolute atomic E-state index is 1.07. The molecule has 0 amide bonds. The number of rotatable bonds is 11. The molecule has 0 heterocycles. The van der Waals surface area contributed by atoms with Gasteiger partial charge < -0.3 is 10.2 Å². The van der Waals surface area contributed by atoms with Gasteiger partial charge in [0.25, 0.3) is 0 Å². The molecule has 0 spiro atoms. The van der Waals surface area contributed by atoms with Crippen molar-refractivity contribution < 1.29 is 0 Å². The fraction of sp³-hybridized carbons (Fsp3) is 0.727. The molecule has 0 rings (SSSR count). The summed E-state index contributed by atoms with van der Waals surface area (Å²) in [4.78, 5) is 2.18. The van der Waals surface area contributed by atoms with E-state index >= 15 is 0 Å². The first-order valence-corrected chi connectivity index (χ1v) is 9.63. The van der Waals surface area contributed by atoms with E-state index in [0.717, 1.165) is 24.5 Å². The van der Waals surface area contributed by atoms with E-state index in [1.807, 2.05) is 13.8 Å². The maximum atomic E-state index is 3.83. The average molecular weight is 339 g/mol. The maximum absolute atomic E-state index is 3.83. The summed E-state index contributed by atoms with van der Waals surface area (Å²) in [7, 11) is 2.08. The van der Waals surface area contributed by atoms with Crippen molar-refractivity contribution in [2.75, 3.05) is 20.1 Å². The predicted molar refractivity (Wildman–Crippen MR) is 114 cm³/mol. The Morgan fingerprint density at radius 2 is 1.33 bits per heavy atom. The van der Waals surface area contributed by atoms with Gasteiger partial charge >= 0.3 is 0 Å². The average Bonchev–Trinajstić information content (AvgIpc) is 2.51. The van der Waals surface area contributed by atoms with Gasteiger partial charge in [-0.25, -0.2) is 0 Å². The standard InChI is InChI=1S/C8H17N.C7H15N.C7H14/c1-5-6-7-9(4)8(2)3;1-4-5-6-8-7(2)3;1-4-5-6-7(2)3/h2,5-7H2,1,3-4H3;8H,2,4-6H2,1,3H3;2,4-6H2,1,3H3. The Balaban J connectivity index is -0.000000278. The van der Waals surface area contributed by atoms with E-state index in [2.05, 4.69) is 64.7 Å². The Morgan fingerprint density at radius 1 is 0.833 bits per heavy atom. The Kier molecular flexibility index (Phi) is 25.1. The third-order valence-corrected chi connectivity index (χ3v) is 3.41. The van der Waals surface area contributed by atoms with Crippen LogP contribution in [0.1, 0.15) is 86.5 Å².